The zero-order chi connectivity index (χ0) is 25.2. The molecule has 186 valence electrons. The number of fused-ring (bicyclic) bond motifs is 2. The third kappa shape index (κ3) is 3.17. The molecule has 5 N–H and O–H groups in total. The lowest BCUT2D eigenvalue weighted by atomic mass is 9.93. The van der Waals surface area contributed by atoms with Gasteiger partial charge in [0.25, 0.3) is 0 Å². The first-order valence-corrected chi connectivity index (χ1v) is 11.0. The Bertz CT molecular complexity index is 1460. The number of nitrogen functional groups attached to an aromatic ring is 1. The monoisotopic (exact) mass is 517 g/mol. The van der Waals surface area contributed by atoms with E-state index in [9.17, 15) is 15.0 Å². The first-order chi connectivity index (χ1) is 17.3. The van der Waals surface area contributed by atoms with Crippen LogP contribution in [0, 0.1) is 0 Å². The van der Waals surface area contributed by atoms with Gasteiger partial charge in [0, 0.05) is 6.42 Å². The number of aromatic nitrogens is 8. The Kier molecular flexibility index (Phi) is 4.95. The van der Waals surface area contributed by atoms with E-state index in [0.717, 1.165) is 0 Å². The number of benzene rings is 1. The highest BCUT2D eigenvalue weighted by atomic mass is 35.5. The number of tetrazole rings is 1. The lowest BCUT2D eigenvalue weighted by Gasteiger charge is -2.30. The van der Waals surface area contributed by atoms with Crippen molar-refractivity contribution in [3.8, 4) is 0 Å². The number of rotatable bonds is 7. The summed E-state index contributed by atoms with van der Waals surface area (Å²) in [5, 5.41) is 34.3. The Balaban J connectivity index is 1.31. The van der Waals surface area contributed by atoms with Crippen LogP contribution >= 0.6 is 11.6 Å². The number of aliphatic hydroxyl groups is 1. The molecule has 6 atom stereocenters. The molecule has 36 heavy (non-hydrogen) atoms. The SMILES string of the molecule is Nc1nc(Cl)nc2c1ncn2[C@@H]1O[C@@H]2C(OC(Cc3ccccc3)(C(=O)O)c3nnn[nH]3)[C@]2(O)[C@@H]1F. The molecule has 6 rings (SSSR count). The number of nitrogens with one attached hydrogen (secondary N) is 1. The maximum absolute atomic E-state index is 15.7. The highest BCUT2D eigenvalue weighted by molar-refractivity contribution is 6.28. The molecule has 2 aliphatic rings. The number of nitrogens with zero attached hydrogens (tertiary/aromatic N) is 7. The van der Waals surface area contributed by atoms with E-state index >= 15 is 4.39 Å². The van der Waals surface area contributed by atoms with Crippen molar-refractivity contribution < 1.29 is 28.9 Å². The van der Waals surface area contributed by atoms with Crippen molar-refractivity contribution in [1.29, 1.82) is 0 Å². The molecule has 0 radical (unpaired) electrons. The zero-order valence-corrected chi connectivity index (χ0v) is 18.8. The van der Waals surface area contributed by atoms with Crippen LogP contribution in [0.1, 0.15) is 17.6 Å². The van der Waals surface area contributed by atoms with Gasteiger partial charge in [-0.05, 0) is 27.6 Å². The van der Waals surface area contributed by atoms with Crippen LogP contribution in [0.4, 0.5) is 10.2 Å². The number of aliphatic carboxylic acids is 1. The molecule has 1 saturated heterocycles. The third-order valence-electron chi connectivity index (χ3n) is 6.45. The third-order valence-corrected chi connectivity index (χ3v) is 6.62. The van der Waals surface area contributed by atoms with Gasteiger partial charge in [-0.2, -0.15) is 9.97 Å². The van der Waals surface area contributed by atoms with E-state index in [1.807, 2.05) is 0 Å². The Morgan fingerprint density at radius 1 is 1.36 bits per heavy atom. The van der Waals surface area contributed by atoms with Gasteiger partial charge in [-0.1, -0.05) is 30.3 Å². The first-order valence-electron chi connectivity index (χ1n) is 10.6. The van der Waals surface area contributed by atoms with Crippen LogP contribution in [-0.4, -0.2) is 80.3 Å². The van der Waals surface area contributed by atoms with Crippen molar-refractivity contribution in [2.45, 2.75) is 42.2 Å². The van der Waals surface area contributed by atoms with Crippen LogP contribution in [-0.2, 0) is 26.3 Å². The number of nitrogens with two attached hydrogens (primary N) is 1. The molecule has 4 aromatic rings. The number of carboxylic acid groups (broad SMARTS) is 1. The molecular formula is C20H17ClFN9O5. The fraction of sp³-hybridized carbons (Fsp3) is 0.350. The molecule has 2 fully saturated rings. The van der Waals surface area contributed by atoms with E-state index < -0.39 is 41.8 Å². The van der Waals surface area contributed by atoms with Gasteiger partial charge in [0.1, 0.15) is 17.7 Å². The number of ether oxygens (including phenoxy) is 2. The van der Waals surface area contributed by atoms with Crippen LogP contribution in [0.15, 0.2) is 36.7 Å². The quantitative estimate of drug-likeness (QED) is 0.242. The second kappa shape index (κ2) is 7.86. The number of alkyl halides is 1. The largest absolute Gasteiger partial charge is 0.479 e. The molecule has 1 aliphatic carbocycles. The molecule has 1 aromatic carbocycles. The minimum Gasteiger partial charge on any atom is -0.479 e. The minimum absolute atomic E-state index is 0.00458. The first kappa shape index (κ1) is 22.7. The number of H-pyrrole nitrogens is 1. The summed E-state index contributed by atoms with van der Waals surface area (Å²) in [7, 11) is 0. The highest BCUT2D eigenvalue weighted by Crippen LogP contribution is 2.58. The number of hydrogen-bond donors (Lipinski definition) is 4. The highest BCUT2D eigenvalue weighted by Gasteiger charge is 2.80. The summed E-state index contributed by atoms with van der Waals surface area (Å²) in [5.74, 6) is -1.66. The second-order valence-electron chi connectivity index (χ2n) is 8.52. The maximum atomic E-state index is 15.7. The summed E-state index contributed by atoms with van der Waals surface area (Å²) in [5.41, 5.74) is 2.36. The normalized spacial score (nSPS) is 28.6. The molecule has 3 aromatic heterocycles. The van der Waals surface area contributed by atoms with Crippen molar-refractivity contribution in [1.82, 2.24) is 40.1 Å². The zero-order valence-electron chi connectivity index (χ0n) is 18.1. The summed E-state index contributed by atoms with van der Waals surface area (Å²) in [6.07, 6.45) is -4.90. The van der Waals surface area contributed by atoms with E-state index in [4.69, 9.17) is 26.8 Å². The van der Waals surface area contributed by atoms with Gasteiger partial charge < -0.3 is 25.4 Å². The van der Waals surface area contributed by atoms with Crippen LogP contribution in [0.25, 0.3) is 11.2 Å². The molecule has 0 bridgehead atoms. The van der Waals surface area contributed by atoms with Gasteiger partial charge in [-0.15, -0.1) is 5.10 Å². The predicted molar refractivity (Wildman–Crippen MR) is 117 cm³/mol. The number of carbonyl (C=O) groups is 1. The van der Waals surface area contributed by atoms with Gasteiger partial charge >= 0.3 is 5.97 Å². The lowest BCUT2D eigenvalue weighted by molar-refractivity contribution is -0.184. The number of imidazole rings is 1. The van der Waals surface area contributed by atoms with Crippen molar-refractivity contribution in [2.75, 3.05) is 5.73 Å². The van der Waals surface area contributed by atoms with Crippen LogP contribution < -0.4 is 5.73 Å². The van der Waals surface area contributed by atoms with Crippen LogP contribution in [0.2, 0.25) is 5.28 Å². The van der Waals surface area contributed by atoms with E-state index in [2.05, 4.69) is 35.6 Å². The van der Waals surface area contributed by atoms with Crippen molar-refractivity contribution >= 4 is 34.6 Å². The Labute approximate surface area is 205 Å². The molecule has 1 aliphatic heterocycles. The standard InChI is InChI=1S/C20H17ClFN9O5/c21-18-25-13(23)9-14(26-18)31(7-24-9)15-10(22)20(34)11(35-15)12(20)36-19(17(32)33,16-27-29-30-28-16)6-8-4-2-1-3-5-8/h1-5,7,10-12,15,34H,6H2,(H,32,33)(H2,23,25,26)(H,27,28,29,30)/t10-,11-,12?,15-,19?,20+/m1/s1. The molecular weight excluding hydrogens is 501 g/mol. The molecule has 4 heterocycles. The maximum Gasteiger partial charge on any atom is 0.344 e. The van der Waals surface area contributed by atoms with E-state index in [-0.39, 0.29) is 34.5 Å². The van der Waals surface area contributed by atoms with E-state index in [0.29, 0.717) is 5.56 Å². The van der Waals surface area contributed by atoms with Crippen LogP contribution in [0.3, 0.4) is 0 Å². The van der Waals surface area contributed by atoms with Crippen molar-refractivity contribution in [3.05, 3.63) is 53.3 Å². The lowest BCUT2D eigenvalue weighted by Crippen LogP contribution is -2.46. The second-order valence-corrected chi connectivity index (χ2v) is 8.86. The average molecular weight is 518 g/mol. The molecule has 1 saturated carbocycles. The molecule has 0 amide bonds. The molecule has 14 nitrogen and oxygen atoms in total. The summed E-state index contributed by atoms with van der Waals surface area (Å²) in [6.45, 7) is 0. The Morgan fingerprint density at radius 2 is 2.14 bits per heavy atom. The predicted octanol–water partition coefficient (Wildman–Crippen LogP) is 0.163. The van der Waals surface area contributed by atoms with Gasteiger partial charge in [-0.25, -0.2) is 19.3 Å². The number of anilines is 1. The molecule has 0 spiro atoms. The van der Waals surface area contributed by atoms with E-state index in [1.54, 1.807) is 30.3 Å². The smallest absolute Gasteiger partial charge is 0.344 e. The fourth-order valence-electron chi connectivity index (χ4n) is 4.57. The van der Waals surface area contributed by atoms with E-state index in [1.165, 1.54) is 10.9 Å². The molecule has 16 heteroatoms. The Hall–Kier alpha value is -3.79. The number of hydrogen-bond acceptors (Lipinski definition) is 11. The Morgan fingerprint density at radius 3 is 2.78 bits per heavy atom. The van der Waals surface area contributed by atoms with Gasteiger partial charge in [0.05, 0.1) is 6.33 Å². The fourth-order valence-corrected chi connectivity index (χ4v) is 4.74. The van der Waals surface area contributed by atoms with Gasteiger partial charge in [-0.3, -0.25) is 4.57 Å². The average Bonchev–Trinajstić information content (AvgIpc) is 3.35. The number of carboxylic acids is 1. The van der Waals surface area contributed by atoms with Gasteiger partial charge in [0.2, 0.25) is 10.9 Å². The summed E-state index contributed by atoms with van der Waals surface area (Å²) in [4.78, 5) is 24.5. The topological polar surface area (TPSA) is 200 Å². The van der Waals surface area contributed by atoms with Crippen LogP contribution in [0.5, 0.6) is 0 Å². The summed E-state index contributed by atoms with van der Waals surface area (Å²) in [6, 6.07) is 8.61. The van der Waals surface area contributed by atoms with Crippen molar-refractivity contribution in [2.24, 2.45) is 0 Å². The van der Waals surface area contributed by atoms with Crippen molar-refractivity contribution in [3.63, 3.8) is 0 Å². The number of aromatic amines is 1. The van der Waals surface area contributed by atoms with Gasteiger partial charge in [0.15, 0.2) is 35.3 Å². The number of halogens is 2. The summed E-state index contributed by atoms with van der Waals surface area (Å²) < 4.78 is 28.6. The molecule has 2 unspecified atom stereocenters. The minimum atomic E-state index is -2.16. The summed E-state index contributed by atoms with van der Waals surface area (Å²) >= 11 is 5.88.